The molecule has 0 spiro atoms. The summed E-state index contributed by atoms with van der Waals surface area (Å²) in [4.78, 5) is 0. The zero-order valence-electron chi connectivity index (χ0n) is 12.7. The van der Waals surface area contributed by atoms with Crippen LogP contribution in [-0.2, 0) is 11.2 Å². The molecule has 0 heterocycles. The monoisotopic (exact) mass is 392 g/mol. The van der Waals surface area contributed by atoms with Gasteiger partial charge in [-0.1, -0.05) is 0 Å². The van der Waals surface area contributed by atoms with E-state index < -0.39 is 12.6 Å². The van der Waals surface area contributed by atoms with Gasteiger partial charge in [-0.25, -0.2) is 0 Å². The first kappa shape index (κ1) is 17.9. The number of fused-ring (bicyclic) bond motifs is 1. The van der Waals surface area contributed by atoms with Crippen LogP contribution in [0.3, 0.4) is 0 Å². The van der Waals surface area contributed by atoms with Crippen LogP contribution in [-0.4, -0.2) is 27.2 Å². The highest BCUT2D eigenvalue weighted by molar-refractivity contribution is 9.10. The summed E-state index contributed by atoms with van der Waals surface area (Å²) in [6, 6.07) is 7.05. The molecule has 0 aliphatic rings. The van der Waals surface area contributed by atoms with E-state index in [1.807, 2.05) is 0 Å². The van der Waals surface area contributed by atoms with Crippen molar-refractivity contribution >= 4 is 26.7 Å². The van der Waals surface area contributed by atoms with Gasteiger partial charge in [0.15, 0.2) is 6.79 Å². The predicted molar refractivity (Wildman–Crippen MR) is 85.1 cm³/mol. The van der Waals surface area contributed by atoms with Gasteiger partial charge in [-0.2, -0.15) is 13.2 Å². The zero-order valence-corrected chi connectivity index (χ0v) is 14.3. The second-order valence-electron chi connectivity index (χ2n) is 4.93. The molecule has 0 bridgehead atoms. The lowest BCUT2D eigenvalue weighted by Gasteiger charge is -2.16. The highest BCUT2D eigenvalue weighted by Crippen LogP contribution is 2.39. The predicted octanol–water partition coefficient (Wildman–Crippen LogP) is 5.09. The molecule has 0 aromatic heterocycles. The third kappa shape index (κ3) is 4.51. The Bertz CT molecular complexity index is 686. The molecule has 0 amide bonds. The summed E-state index contributed by atoms with van der Waals surface area (Å²) in [5, 5.41) is 1.52. The summed E-state index contributed by atoms with van der Waals surface area (Å²) in [5.74, 6) is 1.09. The van der Waals surface area contributed by atoms with E-state index in [-0.39, 0.29) is 13.2 Å². The molecule has 0 aliphatic heterocycles. The van der Waals surface area contributed by atoms with E-state index in [1.165, 1.54) is 14.2 Å². The molecule has 126 valence electrons. The Morgan fingerprint density at radius 1 is 1.13 bits per heavy atom. The summed E-state index contributed by atoms with van der Waals surface area (Å²) >= 11 is 3.36. The second-order valence-corrected chi connectivity index (χ2v) is 5.72. The largest absolute Gasteiger partial charge is 0.497 e. The average molecular weight is 393 g/mol. The van der Waals surface area contributed by atoms with Crippen molar-refractivity contribution in [3.8, 4) is 11.5 Å². The third-order valence-corrected chi connectivity index (χ3v) is 4.18. The molecule has 0 atom stereocenters. The average Bonchev–Trinajstić information content (AvgIpc) is 2.51. The van der Waals surface area contributed by atoms with Gasteiger partial charge in [0, 0.05) is 18.9 Å². The summed E-state index contributed by atoms with van der Waals surface area (Å²) in [6.45, 7) is 0.00243. The summed E-state index contributed by atoms with van der Waals surface area (Å²) < 4.78 is 53.7. The van der Waals surface area contributed by atoms with Gasteiger partial charge in [0.05, 0.1) is 11.6 Å². The topological polar surface area (TPSA) is 27.7 Å². The fourth-order valence-electron chi connectivity index (χ4n) is 2.23. The van der Waals surface area contributed by atoms with Crippen LogP contribution in [0.15, 0.2) is 28.7 Å². The summed E-state index contributed by atoms with van der Waals surface area (Å²) in [5.41, 5.74) is 0.522. The lowest BCUT2D eigenvalue weighted by molar-refractivity contribution is -0.134. The smallest absolute Gasteiger partial charge is 0.389 e. The molecule has 0 unspecified atom stereocenters. The van der Waals surface area contributed by atoms with Gasteiger partial charge in [-0.05, 0) is 57.6 Å². The van der Waals surface area contributed by atoms with Gasteiger partial charge in [-0.3, -0.25) is 0 Å². The minimum Gasteiger partial charge on any atom is -0.497 e. The van der Waals surface area contributed by atoms with Crippen LogP contribution >= 0.6 is 15.9 Å². The molecule has 0 fully saturated rings. The Morgan fingerprint density at radius 2 is 1.87 bits per heavy atom. The number of ether oxygens (including phenoxy) is 3. The molecule has 0 saturated carbocycles. The van der Waals surface area contributed by atoms with E-state index in [1.54, 1.807) is 24.3 Å². The van der Waals surface area contributed by atoms with E-state index in [0.29, 0.717) is 21.5 Å². The fourth-order valence-corrected chi connectivity index (χ4v) is 2.87. The van der Waals surface area contributed by atoms with Gasteiger partial charge in [0.25, 0.3) is 0 Å². The number of methoxy groups -OCH3 is 2. The Hall–Kier alpha value is -1.47. The quantitative estimate of drug-likeness (QED) is 0.640. The van der Waals surface area contributed by atoms with Crippen molar-refractivity contribution in [2.45, 2.75) is 19.0 Å². The standard InChI is InChI=1S/C16H16BrF3O3/c1-21-9-23-15-13-4-3-12(22-2)8-11(13)7-10(14(15)17)5-6-16(18,19)20/h3-4,7-8H,5-6,9H2,1-2H3. The van der Waals surface area contributed by atoms with Crippen LogP contribution in [0.2, 0.25) is 0 Å². The molecule has 3 nitrogen and oxygen atoms in total. The molecule has 2 aromatic rings. The van der Waals surface area contributed by atoms with Crippen LogP contribution in [0.4, 0.5) is 13.2 Å². The Morgan fingerprint density at radius 3 is 2.48 bits per heavy atom. The van der Waals surface area contributed by atoms with Gasteiger partial charge in [0.2, 0.25) is 0 Å². The number of alkyl halides is 3. The first-order valence-electron chi connectivity index (χ1n) is 6.83. The Kier molecular flexibility index (Phi) is 5.75. The lowest BCUT2D eigenvalue weighted by Crippen LogP contribution is -2.09. The summed E-state index contributed by atoms with van der Waals surface area (Å²) in [7, 11) is 3.01. The van der Waals surface area contributed by atoms with Gasteiger partial charge in [-0.15, -0.1) is 0 Å². The van der Waals surface area contributed by atoms with E-state index in [9.17, 15) is 13.2 Å². The highest BCUT2D eigenvalue weighted by Gasteiger charge is 2.27. The number of aryl methyl sites for hydroxylation is 1. The van der Waals surface area contributed by atoms with Crippen LogP contribution in [0.25, 0.3) is 10.8 Å². The van der Waals surface area contributed by atoms with E-state index in [0.717, 1.165) is 10.8 Å². The maximum absolute atomic E-state index is 12.5. The number of hydrogen-bond acceptors (Lipinski definition) is 3. The third-order valence-electron chi connectivity index (χ3n) is 3.31. The van der Waals surface area contributed by atoms with Crippen molar-refractivity contribution in [3.63, 3.8) is 0 Å². The lowest BCUT2D eigenvalue weighted by atomic mass is 10.0. The van der Waals surface area contributed by atoms with Crippen molar-refractivity contribution in [2.24, 2.45) is 0 Å². The van der Waals surface area contributed by atoms with E-state index in [4.69, 9.17) is 14.2 Å². The van der Waals surface area contributed by atoms with Crippen LogP contribution in [0.5, 0.6) is 11.5 Å². The fraction of sp³-hybridized carbons (Fsp3) is 0.375. The Labute approximate surface area is 140 Å². The molecule has 2 rings (SSSR count). The van der Waals surface area contributed by atoms with E-state index >= 15 is 0 Å². The van der Waals surface area contributed by atoms with Gasteiger partial charge >= 0.3 is 6.18 Å². The maximum atomic E-state index is 12.5. The highest BCUT2D eigenvalue weighted by atomic mass is 79.9. The Balaban J connectivity index is 2.50. The zero-order chi connectivity index (χ0) is 17.0. The van der Waals surface area contributed by atoms with Gasteiger partial charge in [0.1, 0.15) is 11.5 Å². The van der Waals surface area contributed by atoms with E-state index in [2.05, 4.69) is 15.9 Å². The minimum absolute atomic E-state index is 0.00243. The van der Waals surface area contributed by atoms with Crippen molar-refractivity contribution < 1.29 is 27.4 Å². The van der Waals surface area contributed by atoms with Crippen molar-refractivity contribution in [2.75, 3.05) is 21.0 Å². The first-order valence-corrected chi connectivity index (χ1v) is 7.62. The second kappa shape index (κ2) is 7.40. The molecular weight excluding hydrogens is 377 g/mol. The molecule has 7 heteroatoms. The van der Waals surface area contributed by atoms with Gasteiger partial charge < -0.3 is 14.2 Å². The number of halogens is 4. The first-order chi connectivity index (χ1) is 10.9. The molecular formula is C16H16BrF3O3. The SMILES string of the molecule is COCOc1c(Br)c(CCC(F)(F)F)cc2cc(OC)ccc12. The number of hydrogen-bond donors (Lipinski definition) is 0. The molecule has 0 aliphatic carbocycles. The molecule has 23 heavy (non-hydrogen) atoms. The molecule has 0 saturated heterocycles. The summed E-state index contributed by atoms with van der Waals surface area (Å²) in [6.07, 6.45) is -5.25. The minimum atomic E-state index is -4.21. The number of rotatable bonds is 6. The number of benzene rings is 2. The maximum Gasteiger partial charge on any atom is 0.389 e. The molecule has 0 radical (unpaired) electrons. The van der Waals surface area contributed by atoms with Crippen molar-refractivity contribution in [1.29, 1.82) is 0 Å². The van der Waals surface area contributed by atoms with Crippen LogP contribution in [0, 0.1) is 0 Å². The normalized spacial score (nSPS) is 11.7. The van der Waals surface area contributed by atoms with Crippen LogP contribution < -0.4 is 9.47 Å². The molecule has 2 aromatic carbocycles. The van der Waals surface area contributed by atoms with Crippen molar-refractivity contribution in [1.82, 2.24) is 0 Å². The van der Waals surface area contributed by atoms with Crippen molar-refractivity contribution in [3.05, 3.63) is 34.3 Å². The molecule has 0 N–H and O–H groups in total. The van der Waals surface area contributed by atoms with Crippen LogP contribution in [0.1, 0.15) is 12.0 Å².